The van der Waals surface area contributed by atoms with Crippen LogP contribution in [0.25, 0.3) is 0 Å². The van der Waals surface area contributed by atoms with E-state index in [0.717, 1.165) is 5.82 Å². The summed E-state index contributed by atoms with van der Waals surface area (Å²) in [6.45, 7) is 6.00. The zero-order valence-electron chi connectivity index (χ0n) is 11.6. The Kier molecular flexibility index (Phi) is 3.97. The molecule has 9 heteroatoms. The van der Waals surface area contributed by atoms with Crippen LogP contribution in [0.1, 0.15) is 31.4 Å². The van der Waals surface area contributed by atoms with Crippen molar-refractivity contribution in [2.24, 2.45) is 0 Å². The minimum absolute atomic E-state index is 0.0243. The Morgan fingerprint density at radius 1 is 1.55 bits per heavy atom. The van der Waals surface area contributed by atoms with Crippen molar-refractivity contribution in [1.29, 1.82) is 0 Å². The Bertz CT molecular complexity index is 588. The van der Waals surface area contributed by atoms with Gasteiger partial charge in [-0.15, -0.1) is 0 Å². The van der Waals surface area contributed by atoms with Crippen molar-refractivity contribution >= 4 is 11.5 Å². The van der Waals surface area contributed by atoms with Crippen LogP contribution in [-0.4, -0.2) is 36.4 Å². The van der Waals surface area contributed by atoms with Crippen molar-refractivity contribution < 1.29 is 4.92 Å². The van der Waals surface area contributed by atoms with Gasteiger partial charge in [0.1, 0.15) is 17.8 Å². The highest BCUT2D eigenvalue weighted by atomic mass is 16.6. The molecule has 0 saturated heterocycles. The summed E-state index contributed by atoms with van der Waals surface area (Å²) in [6.07, 6.45) is 2.03. The monoisotopic (exact) mass is 279 g/mol. The second kappa shape index (κ2) is 5.68. The van der Waals surface area contributed by atoms with E-state index in [4.69, 9.17) is 0 Å². The number of rotatable bonds is 6. The molecule has 0 atom stereocenters. The maximum absolute atomic E-state index is 11.2. The van der Waals surface area contributed by atoms with Gasteiger partial charge in [-0.2, -0.15) is 10.2 Å². The average molecular weight is 279 g/mol. The Hall–Kier alpha value is -2.45. The summed E-state index contributed by atoms with van der Waals surface area (Å²) < 4.78 is 1.63. The molecule has 2 aromatic heterocycles. The maximum atomic E-state index is 11.2. The summed E-state index contributed by atoms with van der Waals surface area (Å²) in [5.41, 5.74) is 0.433. The average Bonchev–Trinajstić information content (AvgIpc) is 2.97. The highest BCUT2D eigenvalue weighted by molar-refractivity contribution is 5.59. The van der Waals surface area contributed by atoms with E-state index in [1.807, 2.05) is 13.8 Å². The van der Waals surface area contributed by atoms with Gasteiger partial charge < -0.3 is 5.32 Å². The molecule has 0 unspecified atom stereocenters. The molecule has 0 saturated carbocycles. The van der Waals surface area contributed by atoms with E-state index in [1.165, 1.54) is 6.33 Å². The van der Waals surface area contributed by atoms with Gasteiger partial charge >= 0.3 is 5.69 Å². The van der Waals surface area contributed by atoms with E-state index < -0.39 is 4.92 Å². The van der Waals surface area contributed by atoms with Gasteiger partial charge in [0.05, 0.1) is 4.92 Å². The van der Waals surface area contributed by atoms with E-state index >= 15 is 0 Å². The number of H-pyrrole nitrogens is 1. The molecule has 2 aromatic rings. The van der Waals surface area contributed by atoms with E-state index in [9.17, 15) is 10.1 Å². The molecule has 0 aliphatic carbocycles. The molecule has 0 aliphatic rings. The summed E-state index contributed by atoms with van der Waals surface area (Å²) in [5, 5.41) is 25.0. The van der Waals surface area contributed by atoms with Gasteiger partial charge in [0.2, 0.25) is 5.82 Å². The lowest BCUT2D eigenvalue weighted by molar-refractivity contribution is -0.384. The van der Waals surface area contributed by atoms with Crippen molar-refractivity contribution in [3.05, 3.63) is 28.0 Å². The number of aromatic nitrogens is 5. The largest absolute Gasteiger partial charge is 0.364 e. The Labute approximate surface area is 115 Å². The van der Waals surface area contributed by atoms with Gasteiger partial charge in [-0.3, -0.25) is 15.2 Å². The SMILES string of the molecule is Cc1nn(C(C)C)c(NCCc2ncn[nH]2)c1[N+](=O)[O-]. The molecule has 2 N–H and O–H groups in total. The third kappa shape index (κ3) is 2.76. The molecule has 0 fully saturated rings. The van der Waals surface area contributed by atoms with Crippen molar-refractivity contribution in [3.8, 4) is 0 Å². The molecule has 108 valence electrons. The highest BCUT2D eigenvalue weighted by Crippen LogP contribution is 2.30. The van der Waals surface area contributed by atoms with Crippen LogP contribution in [0, 0.1) is 17.0 Å². The number of nitrogens with zero attached hydrogens (tertiary/aromatic N) is 5. The van der Waals surface area contributed by atoms with Crippen LogP contribution in [-0.2, 0) is 6.42 Å². The smallest absolute Gasteiger partial charge is 0.333 e. The quantitative estimate of drug-likeness (QED) is 0.611. The molecule has 20 heavy (non-hydrogen) atoms. The zero-order valence-corrected chi connectivity index (χ0v) is 11.6. The summed E-state index contributed by atoms with van der Waals surface area (Å²) in [5.74, 6) is 1.16. The van der Waals surface area contributed by atoms with Crippen LogP contribution in [0.4, 0.5) is 11.5 Å². The van der Waals surface area contributed by atoms with E-state index in [0.29, 0.717) is 24.5 Å². The van der Waals surface area contributed by atoms with E-state index in [-0.39, 0.29) is 11.7 Å². The molecule has 0 bridgehead atoms. The normalized spacial score (nSPS) is 11.0. The second-order valence-corrected chi connectivity index (χ2v) is 4.69. The fourth-order valence-corrected chi connectivity index (χ4v) is 1.95. The molecule has 0 aliphatic heterocycles. The first-order valence-corrected chi connectivity index (χ1v) is 6.32. The summed E-state index contributed by atoms with van der Waals surface area (Å²) in [6, 6.07) is 0.0372. The Morgan fingerprint density at radius 2 is 2.30 bits per heavy atom. The fraction of sp³-hybridized carbons (Fsp3) is 0.545. The first-order chi connectivity index (χ1) is 9.50. The van der Waals surface area contributed by atoms with Gasteiger partial charge in [0.15, 0.2) is 0 Å². The Balaban J connectivity index is 2.18. The van der Waals surface area contributed by atoms with Gasteiger partial charge in [-0.25, -0.2) is 9.67 Å². The number of hydrogen-bond acceptors (Lipinski definition) is 6. The third-order valence-corrected chi connectivity index (χ3v) is 2.84. The van der Waals surface area contributed by atoms with Crippen molar-refractivity contribution in [1.82, 2.24) is 25.0 Å². The maximum Gasteiger partial charge on any atom is 0.333 e. The van der Waals surface area contributed by atoms with Crippen LogP contribution < -0.4 is 5.32 Å². The van der Waals surface area contributed by atoms with Crippen LogP contribution in [0.5, 0.6) is 0 Å². The topological polar surface area (TPSA) is 115 Å². The van der Waals surface area contributed by atoms with Gasteiger partial charge in [-0.05, 0) is 20.8 Å². The van der Waals surface area contributed by atoms with Gasteiger partial charge in [0.25, 0.3) is 0 Å². The van der Waals surface area contributed by atoms with Crippen molar-refractivity contribution in [2.45, 2.75) is 33.2 Å². The molecule has 0 aromatic carbocycles. The lowest BCUT2D eigenvalue weighted by atomic mass is 10.3. The van der Waals surface area contributed by atoms with Crippen LogP contribution >= 0.6 is 0 Å². The second-order valence-electron chi connectivity index (χ2n) is 4.69. The first-order valence-electron chi connectivity index (χ1n) is 6.32. The highest BCUT2D eigenvalue weighted by Gasteiger charge is 2.26. The van der Waals surface area contributed by atoms with Gasteiger partial charge in [0, 0.05) is 19.0 Å². The third-order valence-electron chi connectivity index (χ3n) is 2.84. The predicted molar refractivity (Wildman–Crippen MR) is 72.6 cm³/mol. The minimum Gasteiger partial charge on any atom is -0.364 e. The first kappa shape index (κ1) is 14.0. The number of hydrogen-bond donors (Lipinski definition) is 2. The molecular formula is C11H17N7O2. The number of anilines is 1. The lowest BCUT2D eigenvalue weighted by Gasteiger charge is -2.11. The molecule has 2 heterocycles. The molecule has 0 spiro atoms. The van der Waals surface area contributed by atoms with Crippen LogP contribution in [0.3, 0.4) is 0 Å². The number of aryl methyl sites for hydroxylation is 1. The summed E-state index contributed by atoms with van der Waals surface area (Å²) in [4.78, 5) is 14.8. The van der Waals surface area contributed by atoms with E-state index in [2.05, 4.69) is 25.6 Å². The summed E-state index contributed by atoms with van der Waals surface area (Å²) >= 11 is 0. The fourth-order valence-electron chi connectivity index (χ4n) is 1.95. The van der Waals surface area contributed by atoms with Crippen LogP contribution in [0.2, 0.25) is 0 Å². The summed E-state index contributed by atoms with van der Waals surface area (Å²) in [7, 11) is 0. The zero-order chi connectivity index (χ0) is 14.7. The standard InChI is InChI=1S/C11H17N7O2/c1-7(2)17-11(10(18(19)20)8(3)16-17)12-5-4-9-13-6-14-15-9/h6-7,12H,4-5H2,1-3H3,(H,13,14,15). The molecule has 0 amide bonds. The van der Waals surface area contributed by atoms with Crippen molar-refractivity contribution in [3.63, 3.8) is 0 Å². The number of aromatic amines is 1. The van der Waals surface area contributed by atoms with E-state index in [1.54, 1.807) is 11.6 Å². The number of nitro groups is 1. The lowest BCUT2D eigenvalue weighted by Crippen LogP contribution is -2.13. The number of nitrogens with one attached hydrogen (secondary N) is 2. The molecule has 0 radical (unpaired) electrons. The van der Waals surface area contributed by atoms with Gasteiger partial charge in [-0.1, -0.05) is 0 Å². The molecular weight excluding hydrogens is 262 g/mol. The van der Waals surface area contributed by atoms with Crippen LogP contribution in [0.15, 0.2) is 6.33 Å². The molecule has 9 nitrogen and oxygen atoms in total. The predicted octanol–water partition coefficient (Wildman–Crippen LogP) is 1.45. The van der Waals surface area contributed by atoms with Crippen molar-refractivity contribution in [2.75, 3.05) is 11.9 Å². The molecule has 2 rings (SSSR count). The minimum atomic E-state index is -0.405. The Morgan fingerprint density at radius 3 is 2.85 bits per heavy atom.